The van der Waals surface area contributed by atoms with Crippen LogP contribution in [0.1, 0.15) is 16.7 Å². The lowest BCUT2D eigenvalue weighted by atomic mass is 10.0. The van der Waals surface area contributed by atoms with Crippen LogP contribution in [0.4, 0.5) is 17.6 Å². The van der Waals surface area contributed by atoms with Crippen molar-refractivity contribution >= 4 is 22.6 Å². The van der Waals surface area contributed by atoms with Gasteiger partial charge in [-0.1, -0.05) is 65.7 Å². The Morgan fingerprint density at radius 2 is 1.55 bits per heavy atom. The number of hydrogen-bond donors (Lipinski definition) is 0. The van der Waals surface area contributed by atoms with Crippen LogP contribution in [0.5, 0.6) is 5.75 Å². The third-order valence-electron chi connectivity index (χ3n) is 6.82. The molecule has 2 aromatic heterocycles. The number of aryl methyl sites for hydroxylation is 1. The van der Waals surface area contributed by atoms with Gasteiger partial charge in [-0.3, -0.25) is 0 Å². The molecule has 0 aliphatic heterocycles. The molecule has 0 atom stereocenters. The molecule has 2 heterocycles. The first-order valence-electron chi connectivity index (χ1n) is 13.0. The van der Waals surface area contributed by atoms with Crippen LogP contribution in [0.3, 0.4) is 0 Å². The highest BCUT2D eigenvalue weighted by atomic mass is 35.5. The van der Waals surface area contributed by atoms with Crippen molar-refractivity contribution in [2.75, 3.05) is 0 Å². The molecular weight excluding hydrogens is 566 g/mol. The van der Waals surface area contributed by atoms with Gasteiger partial charge >= 0.3 is 6.18 Å². The molecule has 0 aliphatic rings. The van der Waals surface area contributed by atoms with Crippen LogP contribution in [-0.4, -0.2) is 14.8 Å². The van der Waals surface area contributed by atoms with Crippen LogP contribution < -0.4 is 4.74 Å². The third kappa shape index (κ3) is 5.45. The minimum absolute atomic E-state index is 0.00899. The number of halogens is 5. The molecule has 6 rings (SSSR count). The second kappa shape index (κ2) is 10.9. The van der Waals surface area contributed by atoms with E-state index in [2.05, 4.69) is 5.10 Å². The van der Waals surface area contributed by atoms with E-state index in [1.54, 1.807) is 78.9 Å². The molecule has 6 aromatic rings. The molecule has 4 aromatic carbocycles. The zero-order valence-corrected chi connectivity index (χ0v) is 22.9. The molecule has 9 heteroatoms. The molecule has 0 saturated heterocycles. The van der Waals surface area contributed by atoms with Crippen molar-refractivity contribution < 1.29 is 22.3 Å². The molecule has 0 spiro atoms. The summed E-state index contributed by atoms with van der Waals surface area (Å²) >= 11 is 6.23. The predicted molar refractivity (Wildman–Crippen MR) is 155 cm³/mol. The molecule has 0 aliphatic carbocycles. The summed E-state index contributed by atoms with van der Waals surface area (Å²) < 4.78 is 65.0. The van der Waals surface area contributed by atoms with E-state index in [0.717, 1.165) is 11.6 Å². The van der Waals surface area contributed by atoms with Gasteiger partial charge < -0.3 is 4.74 Å². The maximum absolute atomic E-state index is 14.7. The van der Waals surface area contributed by atoms with Crippen molar-refractivity contribution in [1.29, 1.82) is 0 Å². The van der Waals surface area contributed by atoms with Gasteiger partial charge in [-0.2, -0.15) is 18.3 Å². The van der Waals surface area contributed by atoms with E-state index in [0.29, 0.717) is 33.1 Å². The summed E-state index contributed by atoms with van der Waals surface area (Å²) in [6.07, 6.45) is -4.69. The molecule has 4 nitrogen and oxygen atoms in total. The first kappa shape index (κ1) is 27.5. The lowest BCUT2D eigenvalue weighted by Crippen LogP contribution is -2.08. The summed E-state index contributed by atoms with van der Waals surface area (Å²) in [5.74, 6) is 0.0531. The monoisotopic (exact) mass is 587 g/mol. The summed E-state index contributed by atoms with van der Waals surface area (Å²) in [5, 5.41) is 4.93. The van der Waals surface area contributed by atoms with Gasteiger partial charge in [-0.15, -0.1) is 0 Å². The highest BCUT2D eigenvalue weighted by Crippen LogP contribution is 2.42. The summed E-state index contributed by atoms with van der Waals surface area (Å²) in [6.45, 7) is 1.91. The zero-order valence-electron chi connectivity index (χ0n) is 22.2. The Morgan fingerprint density at radius 1 is 0.833 bits per heavy atom. The van der Waals surface area contributed by atoms with Gasteiger partial charge in [0.05, 0.1) is 22.3 Å². The molecule has 0 amide bonds. The van der Waals surface area contributed by atoms with E-state index in [1.165, 1.54) is 10.7 Å². The number of hydrogen-bond acceptors (Lipinski definition) is 3. The summed E-state index contributed by atoms with van der Waals surface area (Å²) in [5.41, 5.74) is 2.25. The number of ether oxygens (including phenoxy) is 1. The fourth-order valence-electron chi connectivity index (χ4n) is 4.69. The van der Waals surface area contributed by atoms with Crippen molar-refractivity contribution in [2.24, 2.45) is 0 Å². The van der Waals surface area contributed by atoms with Gasteiger partial charge in [-0.25, -0.2) is 14.1 Å². The SMILES string of the molecule is Cc1ccc(-c2nn(-c3cccc(Cl)c3)c3nc(-c4ccc(OCc5ccccc5F)cc4)cc(C(F)(F)F)c23)cc1. The molecule has 210 valence electrons. The van der Waals surface area contributed by atoms with Crippen molar-refractivity contribution in [1.82, 2.24) is 14.8 Å². The van der Waals surface area contributed by atoms with E-state index >= 15 is 0 Å². The summed E-state index contributed by atoms with van der Waals surface area (Å²) in [4.78, 5) is 4.69. The Hall–Kier alpha value is -4.69. The molecule has 0 radical (unpaired) electrons. The second-order valence-electron chi connectivity index (χ2n) is 9.76. The maximum Gasteiger partial charge on any atom is 0.417 e. The highest BCUT2D eigenvalue weighted by Gasteiger charge is 2.36. The van der Waals surface area contributed by atoms with Crippen LogP contribution in [-0.2, 0) is 12.8 Å². The largest absolute Gasteiger partial charge is 0.489 e. The lowest BCUT2D eigenvalue weighted by molar-refractivity contribution is -0.136. The van der Waals surface area contributed by atoms with Crippen molar-refractivity contribution in [3.63, 3.8) is 0 Å². The summed E-state index contributed by atoms with van der Waals surface area (Å²) in [6, 6.07) is 27.6. The molecule has 0 fully saturated rings. The Morgan fingerprint density at radius 3 is 2.24 bits per heavy atom. The predicted octanol–water partition coefficient (Wildman–Crippen LogP) is 9.45. The minimum atomic E-state index is -4.69. The Labute approximate surface area is 243 Å². The molecule has 0 N–H and O–H groups in total. The van der Waals surface area contributed by atoms with E-state index in [-0.39, 0.29) is 34.8 Å². The van der Waals surface area contributed by atoms with Crippen LogP contribution in [0, 0.1) is 12.7 Å². The lowest BCUT2D eigenvalue weighted by Gasteiger charge is -2.13. The maximum atomic E-state index is 14.7. The van der Waals surface area contributed by atoms with Crippen LogP contribution in [0.25, 0.3) is 39.2 Å². The van der Waals surface area contributed by atoms with Crippen molar-refractivity contribution in [3.8, 4) is 34.0 Å². The van der Waals surface area contributed by atoms with Crippen LogP contribution in [0.15, 0.2) is 103 Å². The average Bonchev–Trinajstić information content (AvgIpc) is 3.36. The third-order valence-corrected chi connectivity index (χ3v) is 7.06. The van der Waals surface area contributed by atoms with Gasteiger partial charge in [0.2, 0.25) is 0 Å². The number of fused-ring (bicyclic) bond motifs is 1. The molecule has 42 heavy (non-hydrogen) atoms. The van der Waals surface area contributed by atoms with Crippen LogP contribution in [0.2, 0.25) is 5.02 Å². The quantitative estimate of drug-likeness (QED) is 0.182. The normalized spacial score (nSPS) is 11.7. The zero-order chi connectivity index (χ0) is 29.4. The highest BCUT2D eigenvalue weighted by molar-refractivity contribution is 6.30. The second-order valence-corrected chi connectivity index (χ2v) is 10.2. The van der Waals surface area contributed by atoms with Gasteiger partial charge in [0.1, 0.15) is 23.9 Å². The van der Waals surface area contributed by atoms with Gasteiger partial charge in [0.15, 0.2) is 5.65 Å². The number of nitrogens with zero attached hydrogens (tertiary/aromatic N) is 3. The molecular formula is C33H22ClF4N3O. The Bertz CT molecular complexity index is 1900. The van der Waals surface area contributed by atoms with E-state index in [1.807, 2.05) is 19.1 Å². The first-order valence-corrected chi connectivity index (χ1v) is 13.4. The van der Waals surface area contributed by atoms with Crippen molar-refractivity contribution in [2.45, 2.75) is 19.7 Å². The van der Waals surface area contributed by atoms with Crippen molar-refractivity contribution in [3.05, 3.63) is 131 Å². The number of benzene rings is 4. The van der Waals surface area contributed by atoms with Gasteiger partial charge in [-0.05, 0) is 61.5 Å². The number of alkyl halides is 3. The Balaban J connectivity index is 1.48. The van der Waals surface area contributed by atoms with E-state index in [4.69, 9.17) is 21.3 Å². The smallest absolute Gasteiger partial charge is 0.417 e. The molecule has 0 saturated carbocycles. The number of rotatable bonds is 6. The van der Waals surface area contributed by atoms with E-state index < -0.39 is 11.7 Å². The van der Waals surface area contributed by atoms with Gasteiger partial charge in [0.25, 0.3) is 0 Å². The molecule has 0 bridgehead atoms. The molecule has 0 unspecified atom stereocenters. The topological polar surface area (TPSA) is 39.9 Å². The Kier molecular flexibility index (Phi) is 7.16. The minimum Gasteiger partial charge on any atom is -0.489 e. The summed E-state index contributed by atoms with van der Waals surface area (Å²) in [7, 11) is 0. The van der Waals surface area contributed by atoms with Crippen LogP contribution >= 0.6 is 11.6 Å². The standard InChI is InChI=1S/C33H22ClF4N3O/c1-20-9-11-22(12-10-20)31-30-27(33(36,37)38)18-29(39-32(30)41(40-31)25-7-4-6-24(34)17-25)21-13-15-26(16-14-21)42-19-23-5-2-3-8-28(23)35/h2-18H,19H2,1H3. The first-order chi connectivity index (χ1) is 20.2. The average molecular weight is 588 g/mol. The fourth-order valence-corrected chi connectivity index (χ4v) is 4.87. The fraction of sp³-hybridized carbons (Fsp3) is 0.0909. The number of aromatic nitrogens is 3. The number of pyridine rings is 1. The van der Waals surface area contributed by atoms with E-state index in [9.17, 15) is 17.6 Å². The van der Waals surface area contributed by atoms with Gasteiger partial charge in [0, 0.05) is 21.7 Å².